The zero-order valence-electron chi connectivity index (χ0n) is 25.7. The summed E-state index contributed by atoms with van der Waals surface area (Å²) in [5.41, 5.74) is 0.828. The van der Waals surface area contributed by atoms with Gasteiger partial charge < -0.3 is 42.3 Å². The fourth-order valence-corrected chi connectivity index (χ4v) is 5.31. The third-order valence-electron chi connectivity index (χ3n) is 7.07. The molecule has 0 saturated carbocycles. The van der Waals surface area contributed by atoms with Crippen LogP contribution in [0.1, 0.15) is 33.5 Å². The molecule has 1 saturated heterocycles. The Balaban J connectivity index is 1.50. The number of esters is 4. The summed E-state index contributed by atoms with van der Waals surface area (Å²) in [6.07, 6.45) is -6.81. The number of carbonyl (C=O) groups excluding carboxylic acids is 4. The quantitative estimate of drug-likeness (QED) is 0.260. The zero-order chi connectivity index (χ0) is 33.1. The van der Waals surface area contributed by atoms with E-state index in [1.54, 1.807) is 25.1 Å². The van der Waals surface area contributed by atoms with Gasteiger partial charge in [0.1, 0.15) is 43.0 Å². The van der Waals surface area contributed by atoms with Crippen molar-refractivity contribution in [2.45, 2.75) is 65.3 Å². The highest BCUT2D eigenvalue weighted by Crippen LogP contribution is 2.36. The molecule has 3 aromatic rings. The molecule has 3 heterocycles. The molecule has 2 aliphatic heterocycles. The maximum Gasteiger partial charge on any atom is 0.303 e. The average Bonchev–Trinajstić information content (AvgIpc) is 2.98. The molecule has 0 N–H and O–H groups in total. The highest BCUT2D eigenvalue weighted by atomic mass is 16.7. The summed E-state index contributed by atoms with van der Waals surface area (Å²) in [4.78, 5) is 61.4. The Morgan fingerprint density at radius 3 is 2.11 bits per heavy atom. The molecule has 0 bridgehead atoms. The van der Waals surface area contributed by atoms with Crippen LogP contribution in [0.5, 0.6) is 17.2 Å². The van der Waals surface area contributed by atoms with Gasteiger partial charge in [-0.3, -0.25) is 24.0 Å². The number of fused-ring (bicyclic) bond motifs is 2. The first-order chi connectivity index (χ1) is 21.9. The second kappa shape index (κ2) is 13.5. The smallest absolute Gasteiger partial charge is 0.303 e. The molecule has 0 amide bonds. The van der Waals surface area contributed by atoms with Gasteiger partial charge in [0.25, 0.3) is 0 Å². The van der Waals surface area contributed by atoms with Crippen molar-refractivity contribution in [2.75, 3.05) is 19.8 Å². The van der Waals surface area contributed by atoms with Gasteiger partial charge >= 0.3 is 23.9 Å². The molecule has 2 aliphatic rings. The lowest BCUT2D eigenvalue weighted by molar-refractivity contribution is -0.288. The Hall–Kier alpha value is -5.11. The van der Waals surface area contributed by atoms with E-state index in [4.69, 9.17) is 42.3 Å². The Labute approximate surface area is 262 Å². The van der Waals surface area contributed by atoms with Crippen LogP contribution in [-0.2, 0) is 42.9 Å². The van der Waals surface area contributed by atoms with E-state index >= 15 is 0 Å². The highest BCUT2D eigenvalue weighted by Gasteiger charge is 2.53. The van der Waals surface area contributed by atoms with Gasteiger partial charge in [0.05, 0.1) is 10.9 Å². The van der Waals surface area contributed by atoms with Crippen LogP contribution in [0.3, 0.4) is 0 Å². The fraction of sp³-hybridized carbons (Fsp3) is 0.406. The second-order valence-corrected chi connectivity index (χ2v) is 10.6. The predicted octanol–water partition coefficient (Wildman–Crippen LogP) is 3.00. The van der Waals surface area contributed by atoms with Crippen LogP contribution in [0.15, 0.2) is 45.6 Å². The van der Waals surface area contributed by atoms with Crippen molar-refractivity contribution in [3.8, 4) is 28.4 Å². The molecule has 2 aromatic carbocycles. The lowest BCUT2D eigenvalue weighted by Gasteiger charge is -2.43. The molecule has 14 nitrogen and oxygen atoms in total. The maximum atomic E-state index is 13.6. The van der Waals surface area contributed by atoms with Crippen molar-refractivity contribution in [1.82, 2.24) is 0 Å². The van der Waals surface area contributed by atoms with Gasteiger partial charge in [-0.2, -0.15) is 0 Å². The van der Waals surface area contributed by atoms with Gasteiger partial charge in [0.2, 0.25) is 17.8 Å². The molecule has 14 heteroatoms. The van der Waals surface area contributed by atoms with E-state index in [1.807, 2.05) is 0 Å². The van der Waals surface area contributed by atoms with Crippen molar-refractivity contribution >= 4 is 34.8 Å². The van der Waals surface area contributed by atoms with E-state index < -0.39 is 61.2 Å². The third-order valence-corrected chi connectivity index (χ3v) is 7.07. The minimum absolute atomic E-state index is 0.128. The normalized spacial score (nSPS) is 22.0. The monoisotopic (exact) mass is 640 g/mol. The lowest BCUT2D eigenvalue weighted by atomic mass is 9.98. The number of ether oxygens (including phenoxy) is 8. The topological polar surface area (TPSA) is 172 Å². The van der Waals surface area contributed by atoms with Crippen molar-refractivity contribution in [3.05, 3.63) is 52.4 Å². The minimum Gasteiger partial charge on any atom is -0.486 e. The Morgan fingerprint density at radius 2 is 1.43 bits per heavy atom. The second-order valence-electron chi connectivity index (χ2n) is 10.6. The molecule has 0 radical (unpaired) electrons. The van der Waals surface area contributed by atoms with Crippen LogP contribution in [0, 0.1) is 6.92 Å². The third kappa shape index (κ3) is 7.07. The Bertz CT molecular complexity index is 1730. The van der Waals surface area contributed by atoms with Crippen LogP contribution in [-0.4, -0.2) is 74.4 Å². The van der Waals surface area contributed by atoms with Crippen LogP contribution >= 0.6 is 0 Å². The minimum atomic E-state index is -1.46. The molecule has 0 spiro atoms. The largest absolute Gasteiger partial charge is 0.486 e. The average molecular weight is 641 g/mol. The molecule has 1 aromatic heterocycles. The molecule has 5 atom stereocenters. The van der Waals surface area contributed by atoms with Crippen LogP contribution in [0.25, 0.3) is 22.1 Å². The predicted molar refractivity (Wildman–Crippen MR) is 156 cm³/mol. The summed E-state index contributed by atoms with van der Waals surface area (Å²) < 4.78 is 50.7. The van der Waals surface area contributed by atoms with Crippen LogP contribution in [0.2, 0.25) is 0 Å². The number of hydrogen-bond donors (Lipinski definition) is 0. The van der Waals surface area contributed by atoms with Crippen LogP contribution < -0.4 is 19.6 Å². The summed E-state index contributed by atoms with van der Waals surface area (Å²) >= 11 is 0. The van der Waals surface area contributed by atoms with Crippen molar-refractivity contribution in [3.63, 3.8) is 0 Å². The maximum absolute atomic E-state index is 13.6. The number of aryl methyl sites for hydroxylation is 1. The lowest BCUT2D eigenvalue weighted by Crippen LogP contribution is -2.63. The van der Waals surface area contributed by atoms with Gasteiger partial charge in [-0.1, -0.05) is 6.07 Å². The standard InChI is InChI=1S/C32H32O14/c1-15-27(20-6-9-23-25(12-20)39-11-10-38-23)28(37)22-8-7-21(13-24(22)41-15)45-32-31(44-19(5)36)30(43-18(4)35)29(42-17(3)34)26(46-32)14-40-16(2)33/h6-9,12-13,26,29-32H,10-11,14H2,1-5H3/t26-,29+,30-,31+,32-/m0/s1. The number of rotatable bonds is 8. The molecular formula is C32H32O14. The Kier molecular flexibility index (Phi) is 9.46. The molecule has 46 heavy (non-hydrogen) atoms. The Morgan fingerprint density at radius 1 is 0.783 bits per heavy atom. The van der Waals surface area contributed by atoms with Crippen LogP contribution in [0.4, 0.5) is 0 Å². The first-order valence-corrected chi connectivity index (χ1v) is 14.4. The number of carbonyl (C=O) groups is 4. The summed E-state index contributed by atoms with van der Waals surface area (Å²) in [5, 5.41) is 0.254. The summed E-state index contributed by atoms with van der Waals surface area (Å²) in [7, 11) is 0. The molecule has 244 valence electrons. The van der Waals surface area contributed by atoms with E-state index in [0.29, 0.717) is 41.6 Å². The summed E-state index contributed by atoms with van der Waals surface area (Å²) in [6.45, 7) is 6.62. The van der Waals surface area contributed by atoms with E-state index in [2.05, 4.69) is 0 Å². The van der Waals surface area contributed by atoms with Crippen molar-refractivity contribution < 1.29 is 61.5 Å². The molecule has 5 rings (SSSR count). The van der Waals surface area contributed by atoms with Gasteiger partial charge in [0.15, 0.2) is 23.7 Å². The zero-order valence-corrected chi connectivity index (χ0v) is 25.7. The van der Waals surface area contributed by atoms with Crippen molar-refractivity contribution in [2.24, 2.45) is 0 Å². The highest BCUT2D eigenvalue weighted by molar-refractivity contribution is 5.84. The fourth-order valence-electron chi connectivity index (χ4n) is 5.31. The molecule has 0 unspecified atom stereocenters. The van der Waals surface area contributed by atoms with E-state index in [1.165, 1.54) is 25.1 Å². The van der Waals surface area contributed by atoms with Gasteiger partial charge in [0, 0.05) is 33.8 Å². The van der Waals surface area contributed by atoms with Gasteiger partial charge in [-0.25, -0.2) is 0 Å². The first-order valence-electron chi connectivity index (χ1n) is 14.4. The SMILES string of the molecule is CC(=O)OC[C@@H]1O[C@H](Oc2ccc3c(=O)c(-c4ccc5c(c4)OCCO5)c(C)oc3c2)[C@H](OC(C)=O)[C@@H](OC(C)=O)[C@@H]1OC(C)=O. The summed E-state index contributed by atoms with van der Waals surface area (Å²) in [5.74, 6) is -1.38. The molecule has 1 fully saturated rings. The van der Waals surface area contributed by atoms with Gasteiger partial charge in [-0.15, -0.1) is 0 Å². The molecule has 0 aliphatic carbocycles. The van der Waals surface area contributed by atoms with E-state index in [9.17, 15) is 24.0 Å². The first kappa shape index (κ1) is 32.3. The van der Waals surface area contributed by atoms with Crippen molar-refractivity contribution in [1.29, 1.82) is 0 Å². The van der Waals surface area contributed by atoms with E-state index in [-0.39, 0.29) is 22.1 Å². The summed E-state index contributed by atoms with van der Waals surface area (Å²) in [6, 6.07) is 9.64. The van der Waals surface area contributed by atoms with Gasteiger partial charge in [-0.05, 0) is 36.8 Å². The number of benzene rings is 2. The number of hydrogen-bond acceptors (Lipinski definition) is 14. The van der Waals surface area contributed by atoms with E-state index in [0.717, 1.165) is 20.8 Å². The molecular weight excluding hydrogens is 608 g/mol.